The fraction of sp³-hybridized carbons (Fsp3) is 0.378. The van der Waals surface area contributed by atoms with Gasteiger partial charge in [0.25, 0.3) is 5.91 Å². The van der Waals surface area contributed by atoms with Gasteiger partial charge in [0.1, 0.15) is 5.82 Å². The third-order valence-corrected chi connectivity index (χ3v) is 11.0. The first-order chi connectivity index (χ1) is 22.7. The van der Waals surface area contributed by atoms with E-state index in [4.69, 9.17) is 14.8 Å². The molecule has 4 heterocycles. The van der Waals surface area contributed by atoms with E-state index in [1.807, 2.05) is 54.7 Å². The zero-order valence-electron chi connectivity index (χ0n) is 27.4. The summed E-state index contributed by atoms with van der Waals surface area (Å²) in [7, 11) is 1.39. The van der Waals surface area contributed by atoms with Crippen LogP contribution in [0.15, 0.2) is 60.8 Å². The summed E-state index contributed by atoms with van der Waals surface area (Å²) in [6, 6.07) is 17.5. The van der Waals surface area contributed by atoms with E-state index < -0.39 is 5.97 Å². The molecule has 1 unspecified atom stereocenters. The summed E-state index contributed by atoms with van der Waals surface area (Å²) in [5.74, 6) is -0.0228. The van der Waals surface area contributed by atoms with E-state index in [0.29, 0.717) is 28.6 Å². The van der Waals surface area contributed by atoms with Crippen molar-refractivity contribution in [3.63, 3.8) is 0 Å². The standard InChI is InChI=1S/C37H40N6O3S/c1-23-28(21-38-43(23)22-37(3)18-8-5-9-19-37)26-15-16-31(40-33(26)35(45)46-4)42-20-17-25-11-10-12-27(32(25)24(42)2)34(44)41-36-39-29-13-6-7-14-30(29)47-36/h6-7,10-16,21,24H,5,8-9,17-20,22H2,1-4H3,(H,39,41,44). The Morgan fingerprint density at radius 3 is 2.62 bits per heavy atom. The number of anilines is 2. The number of nitrogens with zero attached hydrogens (tertiary/aromatic N) is 5. The Morgan fingerprint density at radius 1 is 1.02 bits per heavy atom. The number of esters is 1. The molecule has 47 heavy (non-hydrogen) atoms. The van der Waals surface area contributed by atoms with Crippen LogP contribution in [0.2, 0.25) is 0 Å². The average Bonchev–Trinajstić information content (AvgIpc) is 3.66. The molecule has 9 nitrogen and oxygen atoms in total. The molecule has 0 saturated heterocycles. The number of nitrogens with one attached hydrogen (secondary N) is 1. The summed E-state index contributed by atoms with van der Waals surface area (Å²) in [5.41, 5.74) is 6.65. The van der Waals surface area contributed by atoms with E-state index in [1.54, 1.807) is 0 Å². The largest absolute Gasteiger partial charge is 0.464 e. The molecule has 1 amide bonds. The molecule has 0 bridgehead atoms. The smallest absolute Gasteiger partial charge is 0.357 e. The normalized spacial score (nSPS) is 17.4. The first-order valence-electron chi connectivity index (χ1n) is 16.4. The average molecular weight is 649 g/mol. The fourth-order valence-electron chi connectivity index (χ4n) is 7.39. The Morgan fingerprint density at radius 2 is 1.83 bits per heavy atom. The first-order valence-corrected chi connectivity index (χ1v) is 17.2. The van der Waals surface area contributed by atoms with Gasteiger partial charge in [-0.2, -0.15) is 5.10 Å². The number of hydrogen-bond donors (Lipinski definition) is 1. The Balaban J connectivity index is 1.18. The number of carbonyl (C=O) groups is 2. The van der Waals surface area contributed by atoms with Gasteiger partial charge in [0.05, 0.1) is 29.6 Å². The molecule has 7 rings (SSSR count). The van der Waals surface area contributed by atoms with E-state index in [2.05, 4.69) is 46.7 Å². The van der Waals surface area contributed by atoms with Crippen LogP contribution in [-0.2, 0) is 17.7 Å². The number of carbonyl (C=O) groups excluding carboxylic acids is 2. The highest BCUT2D eigenvalue weighted by atomic mass is 32.1. The van der Waals surface area contributed by atoms with Gasteiger partial charge in [-0.25, -0.2) is 14.8 Å². The molecule has 1 aliphatic heterocycles. The Kier molecular flexibility index (Phi) is 8.30. The topological polar surface area (TPSA) is 102 Å². The number of rotatable bonds is 7. The van der Waals surface area contributed by atoms with Crippen LogP contribution >= 0.6 is 11.3 Å². The van der Waals surface area contributed by atoms with Gasteiger partial charge >= 0.3 is 5.97 Å². The number of pyridine rings is 1. The second-order valence-corrected chi connectivity index (χ2v) is 14.2. The molecular formula is C37H40N6O3S. The van der Waals surface area contributed by atoms with Crippen LogP contribution in [-0.4, -0.2) is 45.3 Å². The molecule has 1 fully saturated rings. The lowest BCUT2D eigenvalue weighted by molar-refractivity contribution is 0.0595. The van der Waals surface area contributed by atoms with Gasteiger partial charge in [0.2, 0.25) is 0 Å². The monoisotopic (exact) mass is 648 g/mol. The van der Waals surface area contributed by atoms with E-state index in [9.17, 15) is 9.59 Å². The molecule has 0 radical (unpaired) electrons. The number of fused-ring (bicyclic) bond motifs is 2. The molecule has 1 N–H and O–H groups in total. The fourth-order valence-corrected chi connectivity index (χ4v) is 8.25. The maximum Gasteiger partial charge on any atom is 0.357 e. The van der Waals surface area contributed by atoms with Gasteiger partial charge < -0.3 is 9.64 Å². The number of ether oxygens (including phenoxy) is 1. The maximum absolute atomic E-state index is 13.7. The number of para-hydroxylation sites is 1. The second-order valence-electron chi connectivity index (χ2n) is 13.2. The highest BCUT2D eigenvalue weighted by Crippen LogP contribution is 2.40. The van der Waals surface area contributed by atoms with Gasteiger partial charge in [-0.1, -0.05) is 61.8 Å². The summed E-state index contributed by atoms with van der Waals surface area (Å²) in [4.78, 5) is 38.5. The molecule has 2 aliphatic rings. The third kappa shape index (κ3) is 5.91. The number of hydrogen-bond acceptors (Lipinski definition) is 8. The van der Waals surface area contributed by atoms with Crippen LogP contribution < -0.4 is 10.2 Å². The minimum atomic E-state index is -0.491. The zero-order chi connectivity index (χ0) is 32.7. The number of thiazole rings is 1. The van der Waals surface area contributed by atoms with Gasteiger partial charge in [-0.05, 0) is 80.0 Å². The van der Waals surface area contributed by atoms with Crippen LogP contribution in [0.5, 0.6) is 0 Å². The van der Waals surface area contributed by atoms with Gasteiger partial charge in [0, 0.05) is 35.5 Å². The van der Waals surface area contributed by atoms with Crippen molar-refractivity contribution in [2.75, 3.05) is 23.9 Å². The minimum Gasteiger partial charge on any atom is -0.464 e. The Bertz CT molecular complexity index is 1940. The van der Waals surface area contributed by atoms with Gasteiger partial charge in [-0.3, -0.25) is 14.8 Å². The zero-order valence-corrected chi connectivity index (χ0v) is 28.2. The molecule has 5 aromatic rings. The van der Waals surface area contributed by atoms with E-state index in [-0.39, 0.29) is 23.1 Å². The van der Waals surface area contributed by atoms with Crippen molar-refractivity contribution in [1.82, 2.24) is 19.7 Å². The summed E-state index contributed by atoms with van der Waals surface area (Å²) in [5, 5.41) is 8.36. The molecule has 0 spiro atoms. The number of amides is 1. The summed E-state index contributed by atoms with van der Waals surface area (Å²) >= 11 is 1.46. The predicted octanol–water partition coefficient (Wildman–Crippen LogP) is 8.00. The highest BCUT2D eigenvalue weighted by molar-refractivity contribution is 7.22. The van der Waals surface area contributed by atoms with Crippen molar-refractivity contribution < 1.29 is 14.3 Å². The first kappa shape index (κ1) is 31.1. The third-order valence-electron chi connectivity index (χ3n) is 10.0. The molecule has 10 heteroatoms. The molecular weight excluding hydrogens is 609 g/mol. The van der Waals surface area contributed by atoms with Crippen molar-refractivity contribution in [2.24, 2.45) is 5.41 Å². The number of methoxy groups -OCH3 is 1. The van der Waals surface area contributed by atoms with E-state index >= 15 is 0 Å². The number of aromatic nitrogens is 4. The van der Waals surface area contributed by atoms with Crippen molar-refractivity contribution in [3.05, 3.63) is 88.9 Å². The Hall–Kier alpha value is -4.57. The van der Waals surface area contributed by atoms with Crippen LogP contribution in [0.4, 0.5) is 10.9 Å². The lowest BCUT2D eigenvalue weighted by Gasteiger charge is -2.37. The maximum atomic E-state index is 13.7. The molecule has 1 aliphatic carbocycles. The molecule has 242 valence electrons. The van der Waals surface area contributed by atoms with E-state index in [0.717, 1.165) is 45.6 Å². The molecule has 1 saturated carbocycles. The van der Waals surface area contributed by atoms with Crippen LogP contribution in [0.25, 0.3) is 21.3 Å². The van der Waals surface area contributed by atoms with E-state index in [1.165, 1.54) is 50.6 Å². The minimum absolute atomic E-state index is 0.166. The highest BCUT2D eigenvalue weighted by Gasteiger charge is 2.32. The second kappa shape index (κ2) is 12.6. The molecule has 1 atom stereocenters. The van der Waals surface area contributed by atoms with Crippen LogP contribution in [0, 0.1) is 12.3 Å². The van der Waals surface area contributed by atoms with Crippen molar-refractivity contribution in [3.8, 4) is 11.1 Å². The predicted molar refractivity (Wildman–Crippen MR) is 186 cm³/mol. The van der Waals surface area contributed by atoms with Crippen LogP contribution in [0.3, 0.4) is 0 Å². The summed E-state index contributed by atoms with van der Waals surface area (Å²) in [6.07, 6.45) is 8.82. The summed E-state index contributed by atoms with van der Waals surface area (Å²) in [6.45, 7) is 8.06. The van der Waals surface area contributed by atoms with Crippen molar-refractivity contribution >= 4 is 44.4 Å². The molecule has 3 aromatic heterocycles. The Labute approximate surface area is 279 Å². The van der Waals surface area contributed by atoms with Gasteiger partial charge in [0.15, 0.2) is 10.8 Å². The van der Waals surface area contributed by atoms with Crippen molar-refractivity contribution in [2.45, 2.75) is 71.9 Å². The van der Waals surface area contributed by atoms with Crippen LogP contribution in [0.1, 0.15) is 89.7 Å². The lowest BCUT2D eigenvalue weighted by atomic mass is 9.76. The molecule has 2 aromatic carbocycles. The number of benzene rings is 2. The lowest BCUT2D eigenvalue weighted by Crippen LogP contribution is -2.36. The SMILES string of the molecule is COC(=O)c1nc(N2CCc3cccc(C(=O)Nc4nc5ccccc5s4)c3C2C)ccc1-c1cnn(CC2(C)CCCCC2)c1C. The summed E-state index contributed by atoms with van der Waals surface area (Å²) < 4.78 is 8.34. The van der Waals surface area contributed by atoms with Crippen molar-refractivity contribution in [1.29, 1.82) is 0 Å². The van der Waals surface area contributed by atoms with Gasteiger partial charge in [-0.15, -0.1) is 0 Å². The quantitative estimate of drug-likeness (QED) is 0.179.